The number of carbonyl (C=O) groups excluding carboxylic acids is 2. The average Bonchev–Trinajstić information content (AvgIpc) is 2.35. The molecule has 0 aromatic heterocycles. The van der Waals surface area contributed by atoms with Gasteiger partial charge in [-0.3, -0.25) is 9.59 Å². The van der Waals surface area contributed by atoms with E-state index < -0.39 is 0 Å². The highest BCUT2D eigenvalue weighted by Gasteiger charge is 2.28. The molecule has 0 saturated carbocycles. The van der Waals surface area contributed by atoms with E-state index in [1.54, 1.807) is 26.0 Å². The predicted octanol–water partition coefficient (Wildman–Crippen LogP) is 2.82. The first-order valence-electron chi connectivity index (χ1n) is 6.22. The van der Waals surface area contributed by atoms with E-state index in [9.17, 15) is 14.7 Å². The van der Waals surface area contributed by atoms with E-state index in [1.807, 2.05) is 6.92 Å². The van der Waals surface area contributed by atoms with Crippen LogP contribution >= 0.6 is 0 Å². The van der Waals surface area contributed by atoms with Crippen molar-refractivity contribution in [1.82, 2.24) is 0 Å². The molecule has 0 amide bonds. The molecule has 1 aromatic carbocycles. The second-order valence-corrected chi connectivity index (χ2v) is 4.54. The van der Waals surface area contributed by atoms with E-state index in [4.69, 9.17) is 4.74 Å². The second kappa shape index (κ2) is 4.97. The molecule has 19 heavy (non-hydrogen) atoms. The highest BCUT2D eigenvalue weighted by Crippen LogP contribution is 2.35. The molecule has 0 heterocycles. The molecule has 1 aliphatic carbocycles. The number of rotatable bonds is 3. The Balaban J connectivity index is 2.57. The van der Waals surface area contributed by atoms with Gasteiger partial charge < -0.3 is 9.84 Å². The molecule has 0 aliphatic heterocycles. The Labute approximate surface area is 111 Å². The van der Waals surface area contributed by atoms with Crippen molar-refractivity contribution in [2.45, 2.75) is 26.9 Å². The van der Waals surface area contributed by atoms with E-state index >= 15 is 0 Å². The van der Waals surface area contributed by atoms with Crippen LogP contribution in [0.25, 0.3) is 0 Å². The molecule has 1 aromatic rings. The van der Waals surface area contributed by atoms with Gasteiger partial charge in [-0.1, -0.05) is 6.07 Å². The summed E-state index contributed by atoms with van der Waals surface area (Å²) in [5.41, 5.74) is 1.26. The first-order chi connectivity index (χ1) is 8.97. The van der Waals surface area contributed by atoms with Crippen molar-refractivity contribution in [3.63, 3.8) is 0 Å². The third-order valence-electron chi connectivity index (χ3n) is 3.26. The van der Waals surface area contributed by atoms with Crippen molar-refractivity contribution in [2.75, 3.05) is 6.61 Å². The summed E-state index contributed by atoms with van der Waals surface area (Å²) in [6, 6.07) is 3.22. The number of hydrogen-bond acceptors (Lipinski definition) is 4. The lowest BCUT2D eigenvalue weighted by molar-refractivity contribution is 0.0743. The van der Waals surface area contributed by atoms with Crippen molar-refractivity contribution in [3.8, 4) is 5.75 Å². The molecular formula is C15H16O4. The van der Waals surface area contributed by atoms with Crippen molar-refractivity contribution in [1.29, 1.82) is 0 Å². The van der Waals surface area contributed by atoms with Crippen LogP contribution in [0.4, 0.5) is 0 Å². The highest BCUT2D eigenvalue weighted by atomic mass is 16.5. The van der Waals surface area contributed by atoms with Crippen molar-refractivity contribution in [2.24, 2.45) is 0 Å². The molecule has 0 bridgehead atoms. The number of hydrogen-bond donors (Lipinski definition) is 1. The first kappa shape index (κ1) is 13.5. The fourth-order valence-corrected chi connectivity index (χ4v) is 2.26. The van der Waals surface area contributed by atoms with Crippen LogP contribution in [0, 0.1) is 0 Å². The first-order valence-corrected chi connectivity index (χ1v) is 6.22. The molecule has 0 unspecified atom stereocenters. The molecule has 4 heteroatoms. The van der Waals surface area contributed by atoms with E-state index in [2.05, 4.69) is 0 Å². The lowest BCUT2D eigenvalue weighted by Gasteiger charge is -2.19. The summed E-state index contributed by atoms with van der Waals surface area (Å²) in [5, 5.41) is 10.2. The summed E-state index contributed by atoms with van der Waals surface area (Å²) >= 11 is 0. The fraction of sp³-hybridized carbons (Fsp3) is 0.333. The number of carbonyl (C=O) groups is 2. The molecule has 0 spiro atoms. The predicted molar refractivity (Wildman–Crippen MR) is 70.6 cm³/mol. The summed E-state index contributed by atoms with van der Waals surface area (Å²) < 4.78 is 5.41. The fourth-order valence-electron chi connectivity index (χ4n) is 2.26. The maximum absolute atomic E-state index is 12.0. The standard InChI is InChI=1S/C15H16O4/c1-4-19-9(3)10-5-6-11-13(15(10)18)12(16)7-8(2)14(11)17/h5-7,9,18H,4H2,1-3H3/t9-/m0/s1. The maximum atomic E-state index is 12.0. The maximum Gasteiger partial charge on any atom is 0.190 e. The molecule has 4 nitrogen and oxygen atoms in total. The zero-order valence-electron chi connectivity index (χ0n) is 11.2. The summed E-state index contributed by atoms with van der Waals surface area (Å²) in [4.78, 5) is 23.9. The minimum absolute atomic E-state index is 0.0830. The number of phenols is 1. The smallest absolute Gasteiger partial charge is 0.190 e. The molecule has 1 atom stereocenters. The zero-order chi connectivity index (χ0) is 14.2. The monoisotopic (exact) mass is 260 g/mol. The van der Waals surface area contributed by atoms with Crippen LogP contribution in [0.5, 0.6) is 5.75 Å². The van der Waals surface area contributed by atoms with Gasteiger partial charge in [-0.15, -0.1) is 0 Å². The summed E-state index contributed by atoms with van der Waals surface area (Å²) in [5.74, 6) is -0.712. The van der Waals surface area contributed by atoms with Crippen molar-refractivity contribution >= 4 is 11.6 Å². The van der Waals surface area contributed by atoms with Crippen LogP contribution in [0.15, 0.2) is 23.8 Å². The molecule has 100 valence electrons. The van der Waals surface area contributed by atoms with Crippen LogP contribution < -0.4 is 0 Å². The number of ketones is 2. The quantitative estimate of drug-likeness (QED) is 0.907. The van der Waals surface area contributed by atoms with Gasteiger partial charge in [0.1, 0.15) is 5.75 Å². The number of phenolic OH excluding ortho intramolecular Hbond substituents is 1. The van der Waals surface area contributed by atoms with Crippen LogP contribution in [-0.4, -0.2) is 23.3 Å². The lowest BCUT2D eigenvalue weighted by atomic mass is 9.87. The Morgan fingerprint density at radius 2 is 2.00 bits per heavy atom. The number of aromatic hydroxyl groups is 1. The van der Waals surface area contributed by atoms with Crippen LogP contribution in [0.1, 0.15) is 53.2 Å². The second-order valence-electron chi connectivity index (χ2n) is 4.54. The lowest BCUT2D eigenvalue weighted by Crippen LogP contribution is -2.17. The van der Waals surface area contributed by atoms with Crippen molar-refractivity contribution < 1.29 is 19.4 Å². The summed E-state index contributed by atoms with van der Waals surface area (Å²) in [6.45, 7) is 5.74. The van der Waals surface area contributed by atoms with E-state index in [-0.39, 0.29) is 34.5 Å². The van der Waals surface area contributed by atoms with Gasteiger partial charge in [0.2, 0.25) is 0 Å². The van der Waals surface area contributed by atoms with Gasteiger partial charge in [0.25, 0.3) is 0 Å². The van der Waals surface area contributed by atoms with Crippen molar-refractivity contribution in [3.05, 3.63) is 40.5 Å². The summed E-state index contributed by atoms with van der Waals surface area (Å²) in [7, 11) is 0. The van der Waals surface area contributed by atoms with Gasteiger partial charge in [-0.25, -0.2) is 0 Å². The number of benzene rings is 1. The van der Waals surface area contributed by atoms with Crippen LogP contribution in [0.2, 0.25) is 0 Å². The Morgan fingerprint density at radius 1 is 1.32 bits per heavy atom. The van der Waals surface area contributed by atoms with Crippen LogP contribution in [-0.2, 0) is 4.74 Å². The zero-order valence-corrected chi connectivity index (χ0v) is 11.2. The normalized spacial score (nSPS) is 16.1. The average molecular weight is 260 g/mol. The third kappa shape index (κ3) is 2.19. The van der Waals surface area contributed by atoms with Gasteiger partial charge in [-0.05, 0) is 32.9 Å². The largest absolute Gasteiger partial charge is 0.507 e. The minimum Gasteiger partial charge on any atom is -0.507 e. The Hall–Kier alpha value is -1.94. The summed E-state index contributed by atoms with van der Waals surface area (Å²) in [6.07, 6.45) is 0.935. The Morgan fingerprint density at radius 3 is 2.63 bits per heavy atom. The Kier molecular flexibility index (Phi) is 3.53. The molecule has 0 saturated heterocycles. The minimum atomic E-state index is -0.338. The van der Waals surface area contributed by atoms with E-state index in [0.29, 0.717) is 17.7 Å². The number of allylic oxidation sites excluding steroid dienone is 2. The van der Waals surface area contributed by atoms with Gasteiger partial charge in [0.05, 0.1) is 11.7 Å². The number of ether oxygens (including phenoxy) is 1. The van der Waals surface area contributed by atoms with Crippen LogP contribution in [0.3, 0.4) is 0 Å². The topological polar surface area (TPSA) is 63.6 Å². The molecular weight excluding hydrogens is 244 g/mol. The van der Waals surface area contributed by atoms with Gasteiger partial charge in [-0.2, -0.15) is 0 Å². The molecule has 0 fully saturated rings. The molecule has 1 N–H and O–H groups in total. The van der Waals surface area contributed by atoms with E-state index in [0.717, 1.165) is 0 Å². The molecule has 0 radical (unpaired) electrons. The third-order valence-corrected chi connectivity index (χ3v) is 3.26. The SMILES string of the molecule is CCO[C@@H](C)c1ccc2c(c1O)C(=O)C=C(C)C2=O. The highest BCUT2D eigenvalue weighted by molar-refractivity contribution is 6.25. The number of Topliss-reactive ketones (excluding diaryl/α,β-unsaturated/α-hetero) is 1. The molecule has 1 aliphatic rings. The molecule has 2 rings (SSSR count). The van der Waals surface area contributed by atoms with Gasteiger partial charge >= 0.3 is 0 Å². The van der Waals surface area contributed by atoms with E-state index in [1.165, 1.54) is 6.08 Å². The number of fused-ring (bicyclic) bond motifs is 1. The van der Waals surface area contributed by atoms with Gasteiger partial charge in [0.15, 0.2) is 11.6 Å². The van der Waals surface area contributed by atoms with Gasteiger partial charge in [0, 0.05) is 23.3 Å². The Bertz CT molecular complexity index is 584.